The highest BCUT2D eigenvalue weighted by molar-refractivity contribution is 6.21. The molecule has 1 heterocycles. The maximum absolute atomic E-state index is 4.15. The molecule has 0 aliphatic rings. The second kappa shape index (κ2) is 10.9. The van der Waals surface area contributed by atoms with E-state index >= 15 is 0 Å². The van der Waals surface area contributed by atoms with Gasteiger partial charge in [0.1, 0.15) is 0 Å². The molecule has 208 valence electrons. The van der Waals surface area contributed by atoms with Crippen LogP contribution in [0.15, 0.2) is 158 Å². The SMILES string of the molecule is CCc1ccc(-c2c3ccccc3c(-c3ccc4ccc(-c5ccc(-c6ccncc6)cc5)cc4c3)c3ccccc23)cc1. The quantitative estimate of drug-likeness (QED) is 0.190. The van der Waals surface area contributed by atoms with Crippen LogP contribution in [0, 0.1) is 0 Å². The summed E-state index contributed by atoms with van der Waals surface area (Å²) in [5, 5.41) is 7.62. The van der Waals surface area contributed by atoms with E-state index in [9.17, 15) is 0 Å². The van der Waals surface area contributed by atoms with Gasteiger partial charge in [0.05, 0.1) is 0 Å². The van der Waals surface area contributed by atoms with E-state index in [0.717, 1.165) is 6.42 Å². The van der Waals surface area contributed by atoms with Crippen LogP contribution >= 0.6 is 0 Å². The molecule has 7 aromatic carbocycles. The summed E-state index contributed by atoms with van der Waals surface area (Å²) in [5.41, 5.74) is 11.3. The van der Waals surface area contributed by atoms with Crippen molar-refractivity contribution < 1.29 is 0 Å². The highest BCUT2D eigenvalue weighted by atomic mass is 14.6. The molecule has 0 radical (unpaired) electrons. The third-order valence-electron chi connectivity index (χ3n) is 8.94. The smallest absolute Gasteiger partial charge is 0.0273 e. The lowest BCUT2D eigenvalue weighted by Gasteiger charge is -2.18. The summed E-state index contributed by atoms with van der Waals surface area (Å²) in [6.07, 6.45) is 4.73. The molecule has 1 nitrogen and oxygen atoms in total. The Labute approximate surface area is 258 Å². The van der Waals surface area contributed by atoms with Gasteiger partial charge in [-0.05, 0) is 113 Å². The topological polar surface area (TPSA) is 12.9 Å². The van der Waals surface area contributed by atoms with Crippen molar-refractivity contribution in [2.45, 2.75) is 13.3 Å². The first-order chi connectivity index (χ1) is 21.8. The molecule has 0 fully saturated rings. The van der Waals surface area contributed by atoms with Crippen molar-refractivity contribution in [2.75, 3.05) is 0 Å². The molecule has 44 heavy (non-hydrogen) atoms. The monoisotopic (exact) mass is 561 g/mol. The first-order valence-corrected chi connectivity index (χ1v) is 15.3. The van der Waals surface area contributed by atoms with E-state index in [4.69, 9.17) is 0 Å². The highest BCUT2D eigenvalue weighted by Crippen LogP contribution is 2.44. The molecule has 1 heteroatoms. The Bertz CT molecular complexity index is 2220. The molecule has 8 rings (SSSR count). The normalized spacial score (nSPS) is 11.4. The highest BCUT2D eigenvalue weighted by Gasteiger charge is 2.16. The number of nitrogens with zero attached hydrogens (tertiary/aromatic N) is 1. The van der Waals surface area contributed by atoms with Gasteiger partial charge in [0.2, 0.25) is 0 Å². The largest absolute Gasteiger partial charge is 0.265 e. The minimum absolute atomic E-state index is 1.04. The molecule has 0 spiro atoms. The molecule has 0 unspecified atom stereocenters. The van der Waals surface area contributed by atoms with Gasteiger partial charge in [0.25, 0.3) is 0 Å². The molecule has 0 saturated heterocycles. The number of hydrogen-bond donors (Lipinski definition) is 0. The zero-order chi connectivity index (χ0) is 29.5. The Kier molecular flexibility index (Phi) is 6.50. The zero-order valence-electron chi connectivity index (χ0n) is 24.7. The van der Waals surface area contributed by atoms with Crippen molar-refractivity contribution in [1.82, 2.24) is 4.98 Å². The Morgan fingerprint density at radius 1 is 0.386 bits per heavy atom. The van der Waals surface area contributed by atoms with E-state index in [-0.39, 0.29) is 0 Å². The van der Waals surface area contributed by atoms with Gasteiger partial charge in [0.15, 0.2) is 0 Å². The van der Waals surface area contributed by atoms with E-state index in [1.54, 1.807) is 0 Å². The van der Waals surface area contributed by atoms with Gasteiger partial charge in [-0.2, -0.15) is 0 Å². The van der Waals surface area contributed by atoms with Crippen molar-refractivity contribution in [3.8, 4) is 44.5 Å². The molecular formula is C43H31N. The lowest BCUT2D eigenvalue weighted by atomic mass is 9.85. The number of benzene rings is 7. The Balaban J connectivity index is 1.28. The van der Waals surface area contributed by atoms with Gasteiger partial charge < -0.3 is 0 Å². The Hall–Kier alpha value is -5.53. The average molecular weight is 562 g/mol. The van der Waals surface area contributed by atoms with Crippen LogP contribution in [-0.2, 0) is 6.42 Å². The third kappa shape index (κ3) is 4.55. The van der Waals surface area contributed by atoms with Crippen LogP contribution in [0.25, 0.3) is 76.8 Å². The zero-order valence-corrected chi connectivity index (χ0v) is 24.7. The van der Waals surface area contributed by atoms with Gasteiger partial charge in [-0.3, -0.25) is 4.98 Å². The van der Waals surface area contributed by atoms with Crippen molar-refractivity contribution in [2.24, 2.45) is 0 Å². The molecular weight excluding hydrogens is 530 g/mol. The number of rotatable bonds is 5. The van der Waals surface area contributed by atoms with Crippen molar-refractivity contribution >= 4 is 32.3 Å². The fourth-order valence-electron chi connectivity index (χ4n) is 6.64. The van der Waals surface area contributed by atoms with Gasteiger partial charge in [-0.1, -0.05) is 128 Å². The number of pyridine rings is 1. The first kappa shape index (κ1) is 26.1. The number of hydrogen-bond acceptors (Lipinski definition) is 1. The summed E-state index contributed by atoms with van der Waals surface area (Å²) in [7, 11) is 0. The summed E-state index contributed by atoms with van der Waals surface area (Å²) in [6.45, 7) is 2.21. The minimum atomic E-state index is 1.04. The standard InChI is InChI=1S/C43H31N/c1-2-29-11-13-34(14-12-29)42-38-7-3-5-9-40(38)43(41-10-6-4-8-39(41)42)36-22-20-32-19-21-35(27-37(32)28-36)31-17-15-30(16-18-31)33-23-25-44-26-24-33/h3-28H,2H2,1H3. The Morgan fingerprint density at radius 3 is 1.39 bits per heavy atom. The fraction of sp³-hybridized carbons (Fsp3) is 0.0465. The molecule has 8 aromatic rings. The predicted octanol–water partition coefficient (Wildman–Crippen LogP) is 11.8. The van der Waals surface area contributed by atoms with Crippen LogP contribution in [0.3, 0.4) is 0 Å². The average Bonchev–Trinajstić information content (AvgIpc) is 3.10. The van der Waals surface area contributed by atoms with Crippen LogP contribution in [0.1, 0.15) is 12.5 Å². The summed E-state index contributed by atoms with van der Waals surface area (Å²) in [4.78, 5) is 4.15. The molecule has 0 bridgehead atoms. The second-order valence-corrected chi connectivity index (χ2v) is 11.5. The van der Waals surface area contributed by atoms with Crippen molar-refractivity contribution in [3.05, 3.63) is 164 Å². The van der Waals surface area contributed by atoms with Crippen LogP contribution in [-0.4, -0.2) is 4.98 Å². The van der Waals surface area contributed by atoms with E-state index in [1.165, 1.54) is 82.4 Å². The number of fused-ring (bicyclic) bond motifs is 3. The molecule has 0 aliphatic carbocycles. The van der Waals surface area contributed by atoms with Crippen molar-refractivity contribution in [1.29, 1.82) is 0 Å². The predicted molar refractivity (Wildman–Crippen MR) is 188 cm³/mol. The minimum Gasteiger partial charge on any atom is -0.265 e. The van der Waals surface area contributed by atoms with Gasteiger partial charge in [-0.25, -0.2) is 0 Å². The van der Waals surface area contributed by atoms with E-state index < -0.39 is 0 Å². The maximum atomic E-state index is 4.15. The third-order valence-corrected chi connectivity index (χ3v) is 8.94. The van der Waals surface area contributed by atoms with Crippen LogP contribution < -0.4 is 0 Å². The summed E-state index contributed by atoms with van der Waals surface area (Å²) >= 11 is 0. The maximum Gasteiger partial charge on any atom is 0.0273 e. The molecule has 0 amide bonds. The Morgan fingerprint density at radius 2 is 0.818 bits per heavy atom. The summed E-state index contributed by atoms with van der Waals surface area (Å²) in [5.74, 6) is 0. The number of aryl methyl sites for hydroxylation is 1. The summed E-state index contributed by atoms with van der Waals surface area (Å²) in [6, 6.07) is 53.5. The van der Waals surface area contributed by atoms with Gasteiger partial charge in [-0.15, -0.1) is 0 Å². The van der Waals surface area contributed by atoms with Gasteiger partial charge in [0, 0.05) is 12.4 Å². The lowest BCUT2D eigenvalue weighted by Crippen LogP contribution is -1.91. The van der Waals surface area contributed by atoms with Crippen LogP contribution in [0.4, 0.5) is 0 Å². The number of aromatic nitrogens is 1. The second-order valence-electron chi connectivity index (χ2n) is 11.5. The summed E-state index contributed by atoms with van der Waals surface area (Å²) < 4.78 is 0. The molecule has 0 saturated carbocycles. The van der Waals surface area contributed by atoms with E-state index in [2.05, 4.69) is 158 Å². The first-order valence-electron chi connectivity index (χ1n) is 15.3. The molecule has 1 aromatic heterocycles. The molecule has 0 N–H and O–H groups in total. The lowest BCUT2D eigenvalue weighted by molar-refractivity contribution is 1.14. The van der Waals surface area contributed by atoms with Crippen molar-refractivity contribution in [3.63, 3.8) is 0 Å². The van der Waals surface area contributed by atoms with E-state index in [0.29, 0.717) is 0 Å². The molecule has 0 atom stereocenters. The molecule has 0 aliphatic heterocycles. The fourth-order valence-corrected chi connectivity index (χ4v) is 6.64. The van der Waals surface area contributed by atoms with Crippen LogP contribution in [0.2, 0.25) is 0 Å². The van der Waals surface area contributed by atoms with Gasteiger partial charge >= 0.3 is 0 Å². The van der Waals surface area contributed by atoms with E-state index in [1.807, 2.05) is 12.4 Å². The van der Waals surface area contributed by atoms with Crippen LogP contribution in [0.5, 0.6) is 0 Å².